The zero-order valence-electron chi connectivity index (χ0n) is 15.7. The van der Waals surface area contributed by atoms with Crippen LogP contribution >= 0.6 is 11.6 Å². The van der Waals surface area contributed by atoms with Gasteiger partial charge in [-0.15, -0.1) is 0 Å². The van der Waals surface area contributed by atoms with E-state index in [1.807, 2.05) is 36.2 Å². The van der Waals surface area contributed by atoms with Gasteiger partial charge in [0.15, 0.2) is 0 Å². The number of anilines is 4. The van der Waals surface area contributed by atoms with Crippen LogP contribution in [0.15, 0.2) is 60.8 Å². The van der Waals surface area contributed by atoms with Crippen LogP contribution in [0.25, 0.3) is 11.0 Å². The fourth-order valence-corrected chi connectivity index (χ4v) is 3.26. The minimum absolute atomic E-state index is 0.163. The highest BCUT2D eigenvalue weighted by molar-refractivity contribution is 6.28. The topological polar surface area (TPSA) is 87.4 Å². The van der Waals surface area contributed by atoms with E-state index in [1.165, 1.54) is 0 Å². The molecule has 146 valence electrons. The van der Waals surface area contributed by atoms with Crippen molar-refractivity contribution in [3.8, 4) is 0 Å². The Balaban J connectivity index is 1.78. The number of hydrogen-bond donors (Lipinski definition) is 1. The summed E-state index contributed by atoms with van der Waals surface area (Å²) in [5.41, 5.74) is 2.82. The second-order valence-electron chi connectivity index (χ2n) is 6.34. The number of hydrogen-bond acceptors (Lipinski definition) is 5. The van der Waals surface area contributed by atoms with Crippen molar-refractivity contribution in [2.45, 2.75) is 0 Å². The molecule has 9 heteroatoms. The average Bonchev–Trinajstić information content (AvgIpc) is 3.03. The number of para-hydroxylation sites is 1. The van der Waals surface area contributed by atoms with E-state index >= 15 is 0 Å². The molecule has 0 aliphatic heterocycles. The summed E-state index contributed by atoms with van der Waals surface area (Å²) in [5, 5.41) is 9.95. The summed E-state index contributed by atoms with van der Waals surface area (Å²) in [6.45, 7) is 0. The Morgan fingerprint density at radius 2 is 1.83 bits per heavy atom. The van der Waals surface area contributed by atoms with E-state index in [2.05, 4.69) is 15.0 Å². The lowest BCUT2D eigenvalue weighted by Crippen LogP contribution is -2.26. The smallest absolute Gasteiger partial charge is 0.418 e. The van der Waals surface area contributed by atoms with Crippen molar-refractivity contribution in [1.29, 1.82) is 0 Å². The quantitative estimate of drug-likeness (QED) is 0.496. The normalized spacial score (nSPS) is 10.9. The number of nitrogens with zero attached hydrogens (tertiary/aromatic N) is 6. The van der Waals surface area contributed by atoms with Crippen molar-refractivity contribution < 1.29 is 9.90 Å². The molecule has 0 radical (unpaired) electrons. The Morgan fingerprint density at radius 3 is 2.52 bits per heavy atom. The third-order valence-electron chi connectivity index (χ3n) is 4.59. The number of imidazole rings is 1. The average molecular weight is 409 g/mol. The first kappa shape index (κ1) is 18.7. The molecular weight excluding hydrogens is 392 g/mol. The predicted molar refractivity (Wildman–Crippen MR) is 112 cm³/mol. The van der Waals surface area contributed by atoms with Gasteiger partial charge in [0.2, 0.25) is 11.2 Å². The van der Waals surface area contributed by atoms with Crippen LogP contribution in [0.4, 0.5) is 27.9 Å². The minimum Gasteiger partial charge on any atom is -0.464 e. The van der Waals surface area contributed by atoms with E-state index in [0.29, 0.717) is 23.0 Å². The number of benzene rings is 2. The van der Waals surface area contributed by atoms with Gasteiger partial charge in [-0.05, 0) is 48.0 Å². The molecule has 0 saturated heterocycles. The zero-order chi connectivity index (χ0) is 20.5. The van der Waals surface area contributed by atoms with Crippen molar-refractivity contribution in [1.82, 2.24) is 19.5 Å². The van der Waals surface area contributed by atoms with E-state index in [-0.39, 0.29) is 5.28 Å². The van der Waals surface area contributed by atoms with Gasteiger partial charge in [-0.3, -0.25) is 0 Å². The Hall–Kier alpha value is -3.65. The first-order valence-electron chi connectivity index (χ1n) is 8.72. The van der Waals surface area contributed by atoms with Crippen LogP contribution in [0.5, 0.6) is 0 Å². The second kappa shape index (κ2) is 7.40. The highest BCUT2D eigenvalue weighted by atomic mass is 35.5. The summed E-state index contributed by atoms with van der Waals surface area (Å²) < 4.78 is 1.75. The van der Waals surface area contributed by atoms with Crippen molar-refractivity contribution >= 4 is 51.9 Å². The molecule has 0 aliphatic rings. The second-order valence-corrected chi connectivity index (χ2v) is 6.68. The molecule has 0 unspecified atom stereocenters. The summed E-state index contributed by atoms with van der Waals surface area (Å²) in [5.74, 6) is 0.945. The van der Waals surface area contributed by atoms with E-state index in [9.17, 15) is 9.90 Å². The van der Waals surface area contributed by atoms with Crippen LogP contribution in [0.2, 0.25) is 5.28 Å². The van der Waals surface area contributed by atoms with E-state index in [1.54, 1.807) is 48.1 Å². The molecule has 4 aromatic rings. The van der Waals surface area contributed by atoms with E-state index in [4.69, 9.17) is 11.6 Å². The summed E-state index contributed by atoms with van der Waals surface area (Å²) >= 11 is 5.89. The lowest BCUT2D eigenvalue weighted by molar-refractivity contribution is 0.204. The molecule has 0 aliphatic carbocycles. The maximum atomic E-state index is 12.0. The molecule has 0 atom stereocenters. The summed E-state index contributed by atoms with van der Waals surface area (Å²) in [7, 11) is 3.65. The number of carbonyl (C=O) groups is 1. The maximum absolute atomic E-state index is 12.0. The third kappa shape index (κ3) is 3.45. The molecule has 29 heavy (non-hydrogen) atoms. The molecule has 8 nitrogen and oxygen atoms in total. The van der Waals surface area contributed by atoms with Crippen LogP contribution < -0.4 is 9.80 Å². The predicted octanol–water partition coefficient (Wildman–Crippen LogP) is 4.60. The zero-order valence-corrected chi connectivity index (χ0v) is 16.4. The Labute approximate surface area is 171 Å². The molecule has 2 heterocycles. The van der Waals surface area contributed by atoms with Crippen molar-refractivity contribution in [3.05, 3.63) is 66.1 Å². The van der Waals surface area contributed by atoms with Crippen LogP contribution in [-0.4, -0.2) is 37.8 Å². The maximum Gasteiger partial charge on any atom is 0.418 e. The summed E-state index contributed by atoms with van der Waals surface area (Å²) in [4.78, 5) is 27.7. The molecule has 0 spiro atoms. The standard InChI is InChI=1S/C20H17ClN6O2/c1-25(17-10-11-22-18(21)24-17)14-8-9-16-15(12-14)23-19(26(16)2)27(20(28)29)13-6-4-3-5-7-13/h3-12H,1-2H3,(H,28,29). The van der Waals surface area contributed by atoms with Crippen molar-refractivity contribution in [2.75, 3.05) is 16.8 Å². The Kier molecular flexibility index (Phi) is 4.77. The van der Waals surface area contributed by atoms with Crippen LogP contribution in [-0.2, 0) is 7.05 Å². The molecule has 0 saturated carbocycles. The van der Waals surface area contributed by atoms with Crippen molar-refractivity contribution in [3.63, 3.8) is 0 Å². The number of amides is 1. The molecule has 4 rings (SSSR count). The minimum atomic E-state index is -1.11. The highest BCUT2D eigenvalue weighted by Gasteiger charge is 2.23. The molecule has 0 fully saturated rings. The Morgan fingerprint density at radius 1 is 1.07 bits per heavy atom. The first-order chi connectivity index (χ1) is 14.0. The number of rotatable bonds is 4. The highest BCUT2D eigenvalue weighted by Crippen LogP contribution is 2.31. The van der Waals surface area contributed by atoms with Gasteiger partial charge in [-0.25, -0.2) is 24.6 Å². The van der Waals surface area contributed by atoms with Gasteiger partial charge in [0.25, 0.3) is 0 Å². The fraction of sp³-hybridized carbons (Fsp3) is 0.100. The van der Waals surface area contributed by atoms with Crippen LogP contribution in [0.3, 0.4) is 0 Å². The fourth-order valence-electron chi connectivity index (χ4n) is 3.12. The number of halogens is 1. The first-order valence-corrected chi connectivity index (χ1v) is 9.10. The molecule has 0 bridgehead atoms. The van der Waals surface area contributed by atoms with E-state index < -0.39 is 6.09 Å². The van der Waals surface area contributed by atoms with Gasteiger partial charge in [0.1, 0.15) is 5.82 Å². The molecule has 1 amide bonds. The monoisotopic (exact) mass is 408 g/mol. The van der Waals surface area contributed by atoms with Gasteiger partial charge < -0.3 is 14.6 Å². The van der Waals surface area contributed by atoms with E-state index in [0.717, 1.165) is 16.1 Å². The number of fused-ring (bicyclic) bond motifs is 1. The van der Waals surface area contributed by atoms with Gasteiger partial charge in [-0.1, -0.05) is 18.2 Å². The summed E-state index contributed by atoms with van der Waals surface area (Å²) in [6.07, 6.45) is 0.478. The molecule has 2 aromatic heterocycles. The largest absolute Gasteiger partial charge is 0.464 e. The number of aryl methyl sites for hydroxylation is 1. The molecular formula is C20H17ClN6O2. The van der Waals surface area contributed by atoms with Crippen molar-refractivity contribution in [2.24, 2.45) is 7.05 Å². The molecule has 1 N–H and O–H groups in total. The SMILES string of the molecule is CN(c1ccc2c(c1)nc(N(C(=O)O)c1ccccc1)n2C)c1ccnc(Cl)n1. The number of carboxylic acid groups (broad SMARTS) is 1. The lowest BCUT2D eigenvalue weighted by Gasteiger charge is -2.18. The molecule has 2 aromatic carbocycles. The summed E-state index contributed by atoms with van der Waals surface area (Å²) in [6, 6.07) is 16.3. The van der Waals surface area contributed by atoms with Gasteiger partial charge in [0, 0.05) is 26.0 Å². The van der Waals surface area contributed by atoms with Crippen LogP contribution in [0.1, 0.15) is 0 Å². The van der Waals surface area contributed by atoms with Gasteiger partial charge >= 0.3 is 6.09 Å². The number of aromatic nitrogens is 4. The van der Waals surface area contributed by atoms with Crippen LogP contribution in [0, 0.1) is 0 Å². The lowest BCUT2D eigenvalue weighted by atomic mass is 10.2. The third-order valence-corrected chi connectivity index (χ3v) is 4.77. The van der Waals surface area contributed by atoms with Gasteiger partial charge in [-0.2, -0.15) is 0 Å². The Bertz CT molecular complexity index is 1190. The van der Waals surface area contributed by atoms with Gasteiger partial charge in [0.05, 0.1) is 16.7 Å².